The Hall–Kier alpha value is -2.87. The number of esters is 1. The summed E-state index contributed by atoms with van der Waals surface area (Å²) in [6.45, 7) is 1.28. The first-order valence-electron chi connectivity index (χ1n) is 9.41. The first-order valence-corrected chi connectivity index (χ1v) is 10.5. The van der Waals surface area contributed by atoms with Gasteiger partial charge in [0.1, 0.15) is 5.82 Å². The number of nitrogens with zero attached hydrogens (tertiary/aromatic N) is 3. The van der Waals surface area contributed by atoms with E-state index in [0.717, 1.165) is 5.56 Å². The highest BCUT2D eigenvalue weighted by Gasteiger charge is 2.18. The van der Waals surface area contributed by atoms with Crippen LogP contribution in [-0.2, 0) is 11.2 Å². The van der Waals surface area contributed by atoms with Crippen molar-refractivity contribution in [3.8, 4) is 5.75 Å². The van der Waals surface area contributed by atoms with E-state index in [-0.39, 0.29) is 16.8 Å². The van der Waals surface area contributed by atoms with Crippen molar-refractivity contribution in [1.82, 2.24) is 9.97 Å². The molecule has 0 spiro atoms. The smallest absolute Gasteiger partial charge is 0.308 e. The largest absolute Gasteiger partial charge is 0.419 e. The average molecular weight is 494 g/mol. The molecular weight excluding hydrogens is 475 g/mol. The molecule has 3 rings (SSSR count). The molecule has 2 aromatic carbocycles. The van der Waals surface area contributed by atoms with Crippen LogP contribution in [0.2, 0.25) is 15.2 Å². The number of amides is 1. The number of hydrogen-bond donors (Lipinski definition) is 1. The quantitative estimate of drug-likeness (QED) is 0.372. The van der Waals surface area contributed by atoms with E-state index in [1.807, 2.05) is 12.1 Å². The van der Waals surface area contributed by atoms with Crippen LogP contribution in [0.3, 0.4) is 0 Å². The third-order valence-electron chi connectivity index (χ3n) is 4.28. The maximum atomic E-state index is 12.4. The molecule has 0 aliphatic rings. The van der Waals surface area contributed by atoms with Gasteiger partial charge in [0, 0.05) is 38.7 Å². The standard InChI is InChI=1S/C22H19Cl3N4O3/c1-12(30)32-19-20(25)27-18(28-21(19)29(2)3)10-13-4-7-15(8-5-13)26-22(31)14-6-9-16(23)17(24)11-14/h4-9,11H,10H2,1-3H3,(H,26,31). The second-order valence-corrected chi connectivity index (χ2v) is 8.20. The molecular formula is C22H19Cl3N4O3. The second kappa shape index (κ2) is 10.2. The number of hydrogen-bond acceptors (Lipinski definition) is 6. The molecule has 166 valence electrons. The Labute approximate surface area is 200 Å². The fourth-order valence-corrected chi connectivity index (χ4v) is 3.32. The van der Waals surface area contributed by atoms with Crippen LogP contribution in [0, 0.1) is 0 Å². The maximum absolute atomic E-state index is 12.4. The molecule has 1 aromatic heterocycles. The van der Waals surface area contributed by atoms with Crippen LogP contribution in [0.5, 0.6) is 5.75 Å². The Bertz CT molecular complexity index is 1170. The molecule has 0 saturated carbocycles. The highest BCUT2D eigenvalue weighted by Crippen LogP contribution is 2.32. The molecule has 0 atom stereocenters. The van der Waals surface area contributed by atoms with Gasteiger partial charge in [-0.25, -0.2) is 9.97 Å². The minimum Gasteiger partial charge on any atom is -0.419 e. The topological polar surface area (TPSA) is 84.4 Å². The number of ether oxygens (including phenoxy) is 1. The predicted molar refractivity (Wildman–Crippen MR) is 126 cm³/mol. The van der Waals surface area contributed by atoms with Gasteiger partial charge in [-0.2, -0.15) is 0 Å². The van der Waals surface area contributed by atoms with Gasteiger partial charge in [0.25, 0.3) is 5.91 Å². The molecule has 0 unspecified atom stereocenters. The van der Waals surface area contributed by atoms with Crippen LogP contribution < -0.4 is 15.0 Å². The van der Waals surface area contributed by atoms with Crippen molar-refractivity contribution < 1.29 is 14.3 Å². The normalized spacial score (nSPS) is 10.6. The van der Waals surface area contributed by atoms with E-state index in [1.54, 1.807) is 43.3 Å². The van der Waals surface area contributed by atoms with Gasteiger partial charge in [-0.05, 0) is 35.9 Å². The van der Waals surface area contributed by atoms with Crippen molar-refractivity contribution in [3.05, 3.63) is 74.6 Å². The molecule has 0 saturated heterocycles. The summed E-state index contributed by atoms with van der Waals surface area (Å²) in [6, 6.07) is 11.9. The van der Waals surface area contributed by atoms with Gasteiger partial charge in [-0.3, -0.25) is 9.59 Å². The van der Waals surface area contributed by atoms with Crippen molar-refractivity contribution in [2.75, 3.05) is 24.3 Å². The second-order valence-electron chi connectivity index (χ2n) is 7.03. The predicted octanol–water partition coefficient (Wildman–Crippen LogP) is 5.27. The number of anilines is 2. The third kappa shape index (κ3) is 5.88. The van der Waals surface area contributed by atoms with E-state index in [1.165, 1.54) is 13.0 Å². The van der Waals surface area contributed by atoms with Gasteiger partial charge in [-0.1, -0.05) is 46.9 Å². The molecule has 0 fully saturated rings. The van der Waals surface area contributed by atoms with Crippen LogP contribution in [0.4, 0.5) is 11.5 Å². The van der Waals surface area contributed by atoms with Gasteiger partial charge in [0.2, 0.25) is 5.75 Å². The lowest BCUT2D eigenvalue weighted by atomic mass is 10.1. The summed E-state index contributed by atoms with van der Waals surface area (Å²) in [5, 5.41) is 3.55. The molecule has 0 radical (unpaired) electrons. The van der Waals surface area contributed by atoms with Gasteiger partial charge in [0.15, 0.2) is 11.0 Å². The lowest BCUT2D eigenvalue weighted by molar-refractivity contribution is -0.131. The molecule has 3 aromatic rings. The summed E-state index contributed by atoms with van der Waals surface area (Å²) < 4.78 is 5.15. The summed E-state index contributed by atoms with van der Waals surface area (Å²) in [4.78, 5) is 34.2. The van der Waals surface area contributed by atoms with E-state index in [2.05, 4.69) is 15.3 Å². The van der Waals surface area contributed by atoms with Crippen molar-refractivity contribution in [2.24, 2.45) is 0 Å². The lowest BCUT2D eigenvalue weighted by Crippen LogP contribution is -2.16. The summed E-state index contributed by atoms with van der Waals surface area (Å²) in [6.07, 6.45) is 0.391. The van der Waals surface area contributed by atoms with E-state index >= 15 is 0 Å². The zero-order valence-corrected chi connectivity index (χ0v) is 19.7. The molecule has 1 heterocycles. The lowest BCUT2D eigenvalue weighted by Gasteiger charge is -2.17. The summed E-state index contributed by atoms with van der Waals surface area (Å²) in [7, 11) is 3.53. The zero-order valence-electron chi connectivity index (χ0n) is 17.4. The van der Waals surface area contributed by atoms with Gasteiger partial charge < -0.3 is 15.0 Å². The van der Waals surface area contributed by atoms with E-state index in [9.17, 15) is 9.59 Å². The number of halogens is 3. The summed E-state index contributed by atoms with van der Waals surface area (Å²) in [5.41, 5.74) is 1.91. The zero-order chi connectivity index (χ0) is 23.4. The monoisotopic (exact) mass is 492 g/mol. The third-order valence-corrected chi connectivity index (χ3v) is 5.27. The molecule has 1 amide bonds. The number of carbonyl (C=O) groups excluding carboxylic acids is 2. The molecule has 10 heteroatoms. The highest BCUT2D eigenvalue weighted by atomic mass is 35.5. The Morgan fingerprint density at radius 2 is 1.69 bits per heavy atom. The van der Waals surface area contributed by atoms with Crippen molar-refractivity contribution in [3.63, 3.8) is 0 Å². The number of rotatable bonds is 6. The first-order chi connectivity index (χ1) is 15.1. The van der Waals surface area contributed by atoms with Crippen molar-refractivity contribution >= 4 is 58.2 Å². The number of aromatic nitrogens is 2. The van der Waals surface area contributed by atoms with Crippen LogP contribution >= 0.6 is 34.8 Å². The Kier molecular flexibility index (Phi) is 7.56. The maximum Gasteiger partial charge on any atom is 0.308 e. The van der Waals surface area contributed by atoms with Crippen molar-refractivity contribution in [1.29, 1.82) is 0 Å². The SMILES string of the molecule is CC(=O)Oc1c(Cl)nc(Cc2ccc(NC(=O)c3ccc(Cl)c(Cl)c3)cc2)nc1N(C)C. The molecule has 0 aliphatic carbocycles. The van der Waals surface area contributed by atoms with Gasteiger partial charge in [0.05, 0.1) is 10.0 Å². The molecule has 7 nitrogen and oxygen atoms in total. The van der Waals surface area contributed by atoms with E-state index in [0.29, 0.717) is 39.4 Å². The number of carbonyl (C=O) groups is 2. The van der Waals surface area contributed by atoms with Gasteiger partial charge in [-0.15, -0.1) is 0 Å². The number of benzene rings is 2. The Balaban J connectivity index is 1.74. The molecule has 32 heavy (non-hydrogen) atoms. The highest BCUT2D eigenvalue weighted by molar-refractivity contribution is 6.42. The minimum atomic E-state index is -0.509. The fourth-order valence-electron chi connectivity index (χ4n) is 2.80. The molecule has 1 N–H and O–H groups in total. The van der Waals surface area contributed by atoms with Crippen LogP contribution in [-0.4, -0.2) is 35.9 Å². The van der Waals surface area contributed by atoms with E-state index < -0.39 is 5.97 Å². The minimum absolute atomic E-state index is 0.0550. The Morgan fingerprint density at radius 3 is 2.28 bits per heavy atom. The number of nitrogens with one attached hydrogen (secondary N) is 1. The van der Waals surface area contributed by atoms with Crippen LogP contribution in [0.15, 0.2) is 42.5 Å². The van der Waals surface area contributed by atoms with E-state index in [4.69, 9.17) is 39.5 Å². The Morgan fingerprint density at radius 1 is 1.00 bits per heavy atom. The average Bonchev–Trinajstić information content (AvgIpc) is 2.72. The first kappa shape index (κ1) is 23.8. The van der Waals surface area contributed by atoms with Crippen LogP contribution in [0.25, 0.3) is 0 Å². The summed E-state index contributed by atoms with van der Waals surface area (Å²) in [5.74, 6) is 0.171. The molecule has 0 bridgehead atoms. The molecule has 0 aliphatic heterocycles. The van der Waals surface area contributed by atoms with Crippen molar-refractivity contribution in [2.45, 2.75) is 13.3 Å². The van der Waals surface area contributed by atoms with Gasteiger partial charge >= 0.3 is 5.97 Å². The fraction of sp³-hybridized carbons (Fsp3) is 0.182. The van der Waals surface area contributed by atoms with Crippen LogP contribution in [0.1, 0.15) is 28.7 Å². The summed E-state index contributed by atoms with van der Waals surface area (Å²) >= 11 is 18.1.